The Balaban J connectivity index is 2.54. The summed E-state index contributed by atoms with van der Waals surface area (Å²) in [6, 6.07) is 0. The molecule has 0 aromatic heterocycles. The molecule has 2 unspecified atom stereocenters. The predicted molar refractivity (Wildman–Crippen MR) is 45.4 cm³/mol. The zero-order valence-electron chi connectivity index (χ0n) is 7.89. The fourth-order valence-corrected chi connectivity index (χ4v) is 1.47. The van der Waals surface area contributed by atoms with E-state index in [1.807, 2.05) is 6.92 Å². The highest BCUT2D eigenvalue weighted by molar-refractivity contribution is 4.88. The Kier molecular flexibility index (Phi) is 2.24. The maximum atomic E-state index is 13.1. The highest BCUT2D eigenvalue weighted by Crippen LogP contribution is 2.25. The molecule has 0 aliphatic carbocycles. The molecule has 1 aliphatic heterocycles. The van der Waals surface area contributed by atoms with Gasteiger partial charge < -0.3 is 0 Å². The van der Waals surface area contributed by atoms with Crippen molar-refractivity contribution in [3.8, 4) is 0 Å². The molecule has 0 radical (unpaired) electrons. The molecule has 1 nitrogen and oxygen atoms in total. The van der Waals surface area contributed by atoms with Crippen molar-refractivity contribution in [1.29, 1.82) is 0 Å². The van der Waals surface area contributed by atoms with Crippen molar-refractivity contribution < 1.29 is 4.39 Å². The van der Waals surface area contributed by atoms with Gasteiger partial charge in [-0.15, -0.1) is 0 Å². The first-order valence-electron chi connectivity index (χ1n) is 4.30. The molecule has 0 bridgehead atoms. The molecule has 1 rings (SSSR count). The van der Waals surface area contributed by atoms with E-state index < -0.39 is 6.17 Å². The second kappa shape index (κ2) is 2.74. The number of hydrogen-bond acceptors (Lipinski definition) is 1. The Morgan fingerprint density at radius 3 is 2.00 bits per heavy atom. The van der Waals surface area contributed by atoms with Crippen LogP contribution >= 0.6 is 0 Å². The third-order valence-electron chi connectivity index (χ3n) is 2.47. The zero-order valence-corrected chi connectivity index (χ0v) is 7.89. The van der Waals surface area contributed by atoms with Gasteiger partial charge in [0.2, 0.25) is 0 Å². The van der Waals surface area contributed by atoms with Crippen LogP contribution in [0.5, 0.6) is 0 Å². The van der Waals surface area contributed by atoms with Crippen LogP contribution in [0.1, 0.15) is 27.7 Å². The van der Waals surface area contributed by atoms with Crippen LogP contribution in [0.4, 0.5) is 4.39 Å². The average molecular weight is 159 g/mol. The molecule has 0 aromatic rings. The summed E-state index contributed by atoms with van der Waals surface area (Å²) in [7, 11) is 0. The lowest BCUT2D eigenvalue weighted by molar-refractivity contribution is 0.160. The number of halogens is 1. The lowest BCUT2D eigenvalue weighted by atomic mass is 10.1. The maximum absolute atomic E-state index is 13.1. The van der Waals surface area contributed by atoms with Crippen molar-refractivity contribution in [2.24, 2.45) is 5.92 Å². The molecule has 2 heteroatoms. The summed E-state index contributed by atoms with van der Waals surface area (Å²) in [4.78, 5) is 2.21. The van der Waals surface area contributed by atoms with Crippen LogP contribution in [0.3, 0.4) is 0 Å². The van der Waals surface area contributed by atoms with Crippen LogP contribution in [0, 0.1) is 5.92 Å². The van der Waals surface area contributed by atoms with E-state index >= 15 is 0 Å². The van der Waals surface area contributed by atoms with Crippen molar-refractivity contribution in [3.05, 3.63) is 0 Å². The topological polar surface area (TPSA) is 3.24 Å². The van der Waals surface area contributed by atoms with E-state index in [1.54, 1.807) is 0 Å². The fraction of sp³-hybridized carbons (Fsp3) is 1.00. The number of nitrogens with zero attached hydrogens (tertiary/aromatic N) is 1. The van der Waals surface area contributed by atoms with E-state index in [9.17, 15) is 4.39 Å². The molecule has 1 aliphatic rings. The van der Waals surface area contributed by atoms with Crippen LogP contribution in [0.25, 0.3) is 0 Å². The monoisotopic (exact) mass is 159 g/mol. The first-order valence-corrected chi connectivity index (χ1v) is 4.30. The second-order valence-corrected chi connectivity index (χ2v) is 4.57. The molecule has 0 amide bonds. The SMILES string of the molecule is CC1CN(C(C)(C)C)CC1F. The van der Waals surface area contributed by atoms with Gasteiger partial charge in [-0.1, -0.05) is 6.92 Å². The number of rotatable bonds is 0. The van der Waals surface area contributed by atoms with Crippen molar-refractivity contribution in [2.45, 2.75) is 39.4 Å². The van der Waals surface area contributed by atoms with Crippen LogP contribution in [0.2, 0.25) is 0 Å². The maximum Gasteiger partial charge on any atom is 0.117 e. The lowest BCUT2D eigenvalue weighted by Gasteiger charge is -2.31. The Morgan fingerprint density at radius 1 is 1.27 bits per heavy atom. The fourth-order valence-electron chi connectivity index (χ4n) is 1.47. The van der Waals surface area contributed by atoms with Crippen LogP contribution < -0.4 is 0 Å². The van der Waals surface area contributed by atoms with Gasteiger partial charge in [0.25, 0.3) is 0 Å². The van der Waals surface area contributed by atoms with Crippen molar-refractivity contribution in [2.75, 3.05) is 13.1 Å². The van der Waals surface area contributed by atoms with Gasteiger partial charge in [-0.05, 0) is 20.8 Å². The number of likely N-dealkylation sites (tertiary alicyclic amines) is 1. The van der Waals surface area contributed by atoms with Gasteiger partial charge in [0.05, 0.1) is 0 Å². The predicted octanol–water partition coefficient (Wildman–Crippen LogP) is 2.07. The molecular weight excluding hydrogens is 141 g/mol. The third-order valence-corrected chi connectivity index (χ3v) is 2.47. The Bertz CT molecular complexity index is 129. The summed E-state index contributed by atoms with van der Waals surface area (Å²) < 4.78 is 13.1. The quantitative estimate of drug-likeness (QED) is 0.523. The van der Waals surface area contributed by atoms with E-state index in [0.29, 0.717) is 6.54 Å². The molecule has 1 fully saturated rings. The molecule has 0 saturated carbocycles. The van der Waals surface area contributed by atoms with Crippen LogP contribution in [0.15, 0.2) is 0 Å². The minimum absolute atomic E-state index is 0.134. The van der Waals surface area contributed by atoms with Gasteiger partial charge in [0, 0.05) is 24.5 Å². The van der Waals surface area contributed by atoms with Crippen molar-refractivity contribution in [3.63, 3.8) is 0 Å². The lowest BCUT2D eigenvalue weighted by Crippen LogP contribution is -2.39. The van der Waals surface area contributed by atoms with E-state index in [4.69, 9.17) is 0 Å². The molecule has 1 saturated heterocycles. The van der Waals surface area contributed by atoms with E-state index in [0.717, 1.165) is 6.54 Å². The molecule has 0 spiro atoms. The van der Waals surface area contributed by atoms with E-state index in [-0.39, 0.29) is 11.5 Å². The van der Waals surface area contributed by atoms with Gasteiger partial charge in [-0.25, -0.2) is 4.39 Å². The summed E-state index contributed by atoms with van der Waals surface area (Å²) in [5.41, 5.74) is 0.134. The van der Waals surface area contributed by atoms with Gasteiger partial charge in [-0.3, -0.25) is 4.90 Å². The summed E-state index contributed by atoms with van der Waals surface area (Å²) in [5, 5.41) is 0. The normalized spacial score (nSPS) is 34.6. The van der Waals surface area contributed by atoms with Crippen LogP contribution in [-0.2, 0) is 0 Å². The number of alkyl halides is 1. The summed E-state index contributed by atoms with van der Waals surface area (Å²) in [6.07, 6.45) is -0.616. The zero-order chi connectivity index (χ0) is 8.65. The molecule has 11 heavy (non-hydrogen) atoms. The van der Waals surface area contributed by atoms with E-state index in [2.05, 4.69) is 25.7 Å². The molecule has 2 atom stereocenters. The standard InChI is InChI=1S/C9H18FN/c1-7-5-11(6-8(7)10)9(2,3)4/h7-8H,5-6H2,1-4H3. The Hall–Kier alpha value is -0.110. The highest BCUT2D eigenvalue weighted by atomic mass is 19.1. The molecular formula is C9H18FN. The van der Waals surface area contributed by atoms with Crippen LogP contribution in [-0.4, -0.2) is 29.7 Å². The third kappa shape index (κ3) is 1.92. The molecule has 66 valence electrons. The van der Waals surface area contributed by atoms with Crippen molar-refractivity contribution in [1.82, 2.24) is 4.90 Å². The summed E-state index contributed by atoms with van der Waals surface area (Å²) >= 11 is 0. The molecule has 0 N–H and O–H groups in total. The molecule has 0 aromatic carbocycles. The second-order valence-electron chi connectivity index (χ2n) is 4.57. The first kappa shape index (κ1) is 8.98. The van der Waals surface area contributed by atoms with Gasteiger partial charge in [0.1, 0.15) is 6.17 Å². The molecule has 1 heterocycles. The van der Waals surface area contributed by atoms with Gasteiger partial charge in [0.15, 0.2) is 0 Å². The Morgan fingerprint density at radius 2 is 1.82 bits per heavy atom. The Labute approximate surface area is 68.6 Å². The minimum atomic E-state index is -0.616. The minimum Gasteiger partial charge on any atom is -0.295 e. The number of hydrogen-bond donors (Lipinski definition) is 0. The van der Waals surface area contributed by atoms with Crippen molar-refractivity contribution >= 4 is 0 Å². The largest absolute Gasteiger partial charge is 0.295 e. The first-order chi connectivity index (χ1) is 4.91. The smallest absolute Gasteiger partial charge is 0.117 e. The summed E-state index contributed by atoms with van der Waals surface area (Å²) in [6.45, 7) is 9.92. The average Bonchev–Trinajstić information content (AvgIpc) is 2.11. The van der Waals surface area contributed by atoms with Gasteiger partial charge >= 0.3 is 0 Å². The highest BCUT2D eigenvalue weighted by Gasteiger charge is 2.34. The summed E-state index contributed by atoms with van der Waals surface area (Å²) in [5.74, 6) is 0.217. The van der Waals surface area contributed by atoms with Gasteiger partial charge in [-0.2, -0.15) is 0 Å². The van der Waals surface area contributed by atoms with E-state index in [1.165, 1.54) is 0 Å².